The van der Waals surface area contributed by atoms with Crippen molar-refractivity contribution in [2.75, 3.05) is 18.9 Å². The van der Waals surface area contributed by atoms with E-state index in [0.29, 0.717) is 17.4 Å². The standard InChI is InChI=1S/C28H30N4O2S/c1-4-21(14-11-19-31(3)26(33)5-2)32-23-16-10-9-15-22(23)29-28(32)30-27(34)25-18-17-24(35-25)20-12-7-6-8-13-20/h5-10,12-13,15-18,21H,2,4,11,14,19H2,1,3H3,(H,29,30,34)/t21-/m0/s1. The second kappa shape index (κ2) is 11.1. The highest BCUT2D eigenvalue weighted by atomic mass is 32.1. The molecule has 1 atom stereocenters. The van der Waals surface area contributed by atoms with Crippen molar-refractivity contribution in [3.05, 3.63) is 84.3 Å². The van der Waals surface area contributed by atoms with Crippen LogP contribution in [-0.2, 0) is 4.79 Å². The molecule has 4 rings (SSSR count). The summed E-state index contributed by atoms with van der Waals surface area (Å²) < 4.78 is 2.13. The Morgan fingerprint density at radius 2 is 1.86 bits per heavy atom. The number of fused-ring (bicyclic) bond motifs is 1. The van der Waals surface area contributed by atoms with Crippen LogP contribution < -0.4 is 5.32 Å². The molecule has 0 fully saturated rings. The van der Waals surface area contributed by atoms with E-state index < -0.39 is 0 Å². The predicted molar refractivity (Wildman–Crippen MR) is 144 cm³/mol. The van der Waals surface area contributed by atoms with Gasteiger partial charge < -0.3 is 9.47 Å². The monoisotopic (exact) mass is 486 g/mol. The lowest BCUT2D eigenvalue weighted by molar-refractivity contribution is -0.124. The molecule has 0 unspecified atom stereocenters. The molecule has 2 heterocycles. The lowest BCUT2D eigenvalue weighted by atomic mass is 10.1. The molecule has 4 aromatic rings. The number of thiophene rings is 1. The number of benzene rings is 2. The first kappa shape index (κ1) is 24.4. The van der Waals surface area contributed by atoms with E-state index >= 15 is 0 Å². The number of para-hydroxylation sites is 2. The number of carbonyl (C=O) groups excluding carboxylic acids is 2. The van der Waals surface area contributed by atoms with Gasteiger partial charge in [-0.25, -0.2) is 4.98 Å². The summed E-state index contributed by atoms with van der Waals surface area (Å²) in [5.41, 5.74) is 2.92. The summed E-state index contributed by atoms with van der Waals surface area (Å²) in [7, 11) is 1.79. The largest absolute Gasteiger partial charge is 0.342 e. The van der Waals surface area contributed by atoms with Crippen molar-refractivity contribution in [3.63, 3.8) is 0 Å². The van der Waals surface area contributed by atoms with Crippen molar-refractivity contribution < 1.29 is 9.59 Å². The van der Waals surface area contributed by atoms with E-state index in [1.807, 2.05) is 66.7 Å². The van der Waals surface area contributed by atoms with Crippen LogP contribution in [0, 0.1) is 0 Å². The van der Waals surface area contributed by atoms with E-state index in [0.717, 1.165) is 40.7 Å². The zero-order valence-electron chi connectivity index (χ0n) is 20.1. The van der Waals surface area contributed by atoms with E-state index in [2.05, 4.69) is 23.4 Å². The Balaban J connectivity index is 1.56. The topological polar surface area (TPSA) is 67.2 Å². The lowest BCUT2D eigenvalue weighted by Gasteiger charge is -2.22. The average molecular weight is 487 g/mol. The number of hydrogen-bond acceptors (Lipinski definition) is 4. The molecule has 7 heteroatoms. The Morgan fingerprint density at radius 1 is 1.11 bits per heavy atom. The second-order valence-electron chi connectivity index (χ2n) is 8.45. The molecule has 0 bridgehead atoms. The lowest BCUT2D eigenvalue weighted by Crippen LogP contribution is -2.26. The van der Waals surface area contributed by atoms with Gasteiger partial charge in [0.05, 0.1) is 15.9 Å². The number of hydrogen-bond donors (Lipinski definition) is 1. The van der Waals surface area contributed by atoms with Crippen LogP contribution in [0.25, 0.3) is 21.5 Å². The molecule has 180 valence electrons. The summed E-state index contributed by atoms with van der Waals surface area (Å²) in [4.78, 5) is 33.1. The Bertz CT molecular complexity index is 1330. The fourth-order valence-corrected chi connectivity index (χ4v) is 5.14. The quantitative estimate of drug-likeness (QED) is 0.264. The first-order valence-electron chi connectivity index (χ1n) is 11.8. The van der Waals surface area contributed by atoms with Gasteiger partial charge in [0.25, 0.3) is 5.91 Å². The van der Waals surface area contributed by atoms with Gasteiger partial charge in [-0.1, -0.05) is 56.0 Å². The molecule has 2 aromatic carbocycles. The number of imidazole rings is 1. The zero-order valence-corrected chi connectivity index (χ0v) is 20.9. The number of amides is 2. The van der Waals surface area contributed by atoms with E-state index in [1.54, 1.807) is 11.9 Å². The van der Waals surface area contributed by atoms with Crippen molar-refractivity contribution in [3.8, 4) is 10.4 Å². The van der Waals surface area contributed by atoms with Crippen molar-refractivity contribution in [2.24, 2.45) is 0 Å². The predicted octanol–water partition coefficient (Wildman–Crippen LogP) is 6.39. The molecule has 0 saturated heterocycles. The summed E-state index contributed by atoms with van der Waals surface area (Å²) >= 11 is 1.47. The molecule has 35 heavy (non-hydrogen) atoms. The van der Waals surface area contributed by atoms with Crippen molar-refractivity contribution in [1.29, 1.82) is 0 Å². The number of carbonyl (C=O) groups is 2. The highest BCUT2D eigenvalue weighted by Gasteiger charge is 2.21. The minimum absolute atomic E-state index is 0.0788. The van der Waals surface area contributed by atoms with Crippen LogP contribution in [-0.4, -0.2) is 39.9 Å². The summed E-state index contributed by atoms with van der Waals surface area (Å²) in [6.07, 6.45) is 3.90. The minimum Gasteiger partial charge on any atom is -0.342 e. The van der Waals surface area contributed by atoms with Crippen LogP contribution in [0.3, 0.4) is 0 Å². The van der Waals surface area contributed by atoms with E-state index in [1.165, 1.54) is 17.4 Å². The summed E-state index contributed by atoms with van der Waals surface area (Å²) in [5.74, 6) is 0.304. The maximum Gasteiger partial charge on any atom is 0.268 e. The Labute approximate surface area is 209 Å². The number of nitrogens with zero attached hydrogens (tertiary/aromatic N) is 3. The molecule has 0 spiro atoms. The van der Waals surface area contributed by atoms with Crippen LogP contribution in [0.4, 0.5) is 5.95 Å². The van der Waals surface area contributed by atoms with Crippen molar-refractivity contribution in [1.82, 2.24) is 14.5 Å². The maximum absolute atomic E-state index is 13.2. The molecule has 6 nitrogen and oxygen atoms in total. The molecule has 0 aliphatic rings. The third-order valence-corrected chi connectivity index (χ3v) is 7.26. The third-order valence-electron chi connectivity index (χ3n) is 6.13. The van der Waals surface area contributed by atoms with Crippen LogP contribution in [0.1, 0.15) is 41.9 Å². The van der Waals surface area contributed by atoms with Gasteiger partial charge in [-0.15, -0.1) is 11.3 Å². The zero-order chi connectivity index (χ0) is 24.8. The molecular weight excluding hydrogens is 456 g/mol. The molecule has 0 aliphatic heterocycles. The maximum atomic E-state index is 13.2. The highest BCUT2D eigenvalue weighted by molar-refractivity contribution is 7.17. The number of rotatable bonds is 10. The smallest absolute Gasteiger partial charge is 0.268 e. The Kier molecular flexibility index (Phi) is 7.77. The van der Waals surface area contributed by atoms with Gasteiger partial charge in [0.1, 0.15) is 0 Å². The van der Waals surface area contributed by atoms with E-state index in [4.69, 9.17) is 4.98 Å². The van der Waals surface area contributed by atoms with Gasteiger partial charge in [0, 0.05) is 24.5 Å². The molecule has 0 saturated carbocycles. The first-order valence-corrected chi connectivity index (χ1v) is 12.6. The second-order valence-corrected chi connectivity index (χ2v) is 9.53. The van der Waals surface area contributed by atoms with Gasteiger partial charge in [-0.3, -0.25) is 14.9 Å². The van der Waals surface area contributed by atoms with Gasteiger partial charge >= 0.3 is 0 Å². The van der Waals surface area contributed by atoms with Gasteiger partial charge in [0.15, 0.2) is 0 Å². The van der Waals surface area contributed by atoms with Gasteiger partial charge in [-0.05, 0) is 55.2 Å². The molecule has 2 amide bonds. The molecule has 1 N–H and O–H groups in total. The van der Waals surface area contributed by atoms with E-state index in [-0.39, 0.29) is 17.9 Å². The summed E-state index contributed by atoms with van der Waals surface area (Å²) in [6, 6.07) is 22.0. The summed E-state index contributed by atoms with van der Waals surface area (Å²) in [6.45, 7) is 6.34. The number of aromatic nitrogens is 2. The minimum atomic E-state index is -0.167. The SMILES string of the molecule is C=CC(=O)N(C)CCC[C@H](CC)n1c(NC(=O)c2ccc(-c3ccccc3)s2)nc2ccccc21. The fourth-order valence-electron chi connectivity index (χ4n) is 4.23. The Hall–Kier alpha value is -3.71. The van der Waals surface area contributed by atoms with Crippen LogP contribution in [0.15, 0.2) is 79.4 Å². The highest BCUT2D eigenvalue weighted by Crippen LogP contribution is 2.31. The number of anilines is 1. The first-order chi connectivity index (χ1) is 17.0. The summed E-state index contributed by atoms with van der Waals surface area (Å²) in [5, 5.41) is 3.07. The molecule has 0 aliphatic carbocycles. The van der Waals surface area contributed by atoms with Crippen LogP contribution in [0.5, 0.6) is 0 Å². The molecule has 2 aromatic heterocycles. The molecular formula is C28H30N4O2S. The van der Waals surface area contributed by atoms with E-state index in [9.17, 15) is 9.59 Å². The normalized spacial score (nSPS) is 11.8. The van der Waals surface area contributed by atoms with Crippen LogP contribution >= 0.6 is 11.3 Å². The van der Waals surface area contributed by atoms with Gasteiger partial charge in [0.2, 0.25) is 11.9 Å². The van der Waals surface area contributed by atoms with Gasteiger partial charge in [-0.2, -0.15) is 0 Å². The Morgan fingerprint density at radius 3 is 2.60 bits per heavy atom. The van der Waals surface area contributed by atoms with Crippen molar-refractivity contribution >= 4 is 40.1 Å². The molecule has 0 radical (unpaired) electrons. The average Bonchev–Trinajstić information content (AvgIpc) is 3.52. The third kappa shape index (κ3) is 5.52. The fraction of sp³-hybridized carbons (Fsp3) is 0.250. The number of nitrogens with one attached hydrogen (secondary N) is 1. The van der Waals surface area contributed by atoms with Crippen LogP contribution in [0.2, 0.25) is 0 Å². The van der Waals surface area contributed by atoms with Crippen molar-refractivity contribution in [2.45, 2.75) is 32.2 Å². The number of likely N-dealkylation sites (N-methyl/N-ethyl adjacent to an activating group) is 1.